The van der Waals surface area contributed by atoms with Crippen LogP contribution in [0, 0.1) is 11.3 Å². The van der Waals surface area contributed by atoms with Gasteiger partial charge in [-0.1, -0.05) is 11.8 Å². The fourth-order valence-corrected chi connectivity index (χ4v) is 2.80. The predicted molar refractivity (Wildman–Crippen MR) is 80.1 cm³/mol. The van der Waals surface area contributed by atoms with E-state index in [1.165, 1.54) is 18.6 Å². The molecule has 2 rings (SSSR count). The highest BCUT2D eigenvalue weighted by Gasteiger charge is 2.32. The SMILES string of the molecule is N#CC1=C(SCC(N)=O)NC=C(C(=O)O)C1c1ccncc1. The highest BCUT2D eigenvalue weighted by atomic mass is 32.2. The number of nitrogens with two attached hydrogens (primary N) is 1. The average molecular weight is 316 g/mol. The molecule has 2 heterocycles. The molecular formula is C14H12N4O3S. The number of allylic oxidation sites excluding steroid dienone is 1. The van der Waals surface area contributed by atoms with Crippen LogP contribution in [0.1, 0.15) is 11.5 Å². The van der Waals surface area contributed by atoms with Crippen LogP contribution < -0.4 is 11.1 Å². The Labute approximate surface area is 130 Å². The van der Waals surface area contributed by atoms with Crippen LogP contribution in [0.25, 0.3) is 0 Å². The number of pyridine rings is 1. The Morgan fingerprint density at radius 1 is 1.45 bits per heavy atom. The van der Waals surface area contributed by atoms with Crippen LogP contribution in [0.5, 0.6) is 0 Å². The van der Waals surface area contributed by atoms with Crippen molar-refractivity contribution in [3.63, 3.8) is 0 Å². The molecule has 0 fully saturated rings. The van der Waals surface area contributed by atoms with E-state index >= 15 is 0 Å². The predicted octanol–water partition coefficient (Wildman–Crippen LogP) is 0.691. The maximum atomic E-state index is 11.4. The number of nitrogens with one attached hydrogen (secondary N) is 1. The van der Waals surface area contributed by atoms with Gasteiger partial charge in [0.15, 0.2) is 0 Å². The van der Waals surface area contributed by atoms with E-state index in [-0.39, 0.29) is 16.9 Å². The molecular weight excluding hydrogens is 304 g/mol. The van der Waals surface area contributed by atoms with Gasteiger partial charge in [-0.25, -0.2) is 4.79 Å². The summed E-state index contributed by atoms with van der Waals surface area (Å²) in [6.45, 7) is 0. The maximum Gasteiger partial charge on any atom is 0.334 e. The zero-order valence-electron chi connectivity index (χ0n) is 11.3. The molecule has 0 radical (unpaired) electrons. The standard InChI is InChI=1S/C14H12N4O3S/c15-5-9-12(8-1-3-17-4-2-8)10(14(20)21)6-18-13(9)22-7-11(16)19/h1-4,6,12,18H,7H2,(H2,16,19)(H,20,21). The van der Waals surface area contributed by atoms with Gasteiger partial charge in [-0.3, -0.25) is 9.78 Å². The number of carboxylic acids is 1. The van der Waals surface area contributed by atoms with Crippen LogP contribution >= 0.6 is 11.8 Å². The lowest BCUT2D eigenvalue weighted by Gasteiger charge is -2.24. The first kappa shape index (κ1) is 15.6. The van der Waals surface area contributed by atoms with Crippen molar-refractivity contribution in [2.45, 2.75) is 5.92 Å². The average Bonchev–Trinajstić information content (AvgIpc) is 2.52. The second kappa shape index (κ2) is 6.78. The summed E-state index contributed by atoms with van der Waals surface area (Å²) >= 11 is 1.07. The molecule has 1 amide bonds. The number of thioether (sulfide) groups is 1. The molecule has 22 heavy (non-hydrogen) atoms. The number of nitriles is 1. The van der Waals surface area contributed by atoms with E-state index < -0.39 is 17.8 Å². The number of carbonyl (C=O) groups excluding carboxylic acids is 1. The smallest absolute Gasteiger partial charge is 0.334 e. The second-order valence-electron chi connectivity index (χ2n) is 4.37. The van der Waals surface area contributed by atoms with Gasteiger partial charge in [0, 0.05) is 18.6 Å². The number of carboxylic acid groups (broad SMARTS) is 1. The van der Waals surface area contributed by atoms with Gasteiger partial charge >= 0.3 is 5.97 Å². The number of primary amides is 1. The van der Waals surface area contributed by atoms with Crippen LogP contribution in [0.2, 0.25) is 0 Å². The van der Waals surface area contributed by atoms with Crippen molar-refractivity contribution in [3.8, 4) is 6.07 Å². The molecule has 1 aliphatic rings. The van der Waals surface area contributed by atoms with Gasteiger partial charge in [0.2, 0.25) is 5.91 Å². The molecule has 1 aromatic rings. The van der Waals surface area contributed by atoms with Gasteiger partial charge in [0.1, 0.15) is 0 Å². The first-order valence-corrected chi connectivity index (χ1v) is 7.18. The highest BCUT2D eigenvalue weighted by Crippen LogP contribution is 2.38. The van der Waals surface area contributed by atoms with Crippen LogP contribution in [-0.2, 0) is 9.59 Å². The molecule has 0 spiro atoms. The van der Waals surface area contributed by atoms with E-state index in [1.54, 1.807) is 12.1 Å². The van der Waals surface area contributed by atoms with Gasteiger partial charge in [-0.2, -0.15) is 5.26 Å². The van der Waals surface area contributed by atoms with Crippen LogP contribution in [-0.4, -0.2) is 27.7 Å². The van der Waals surface area contributed by atoms with Gasteiger partial charge in [0.25, 0.3) is 0 Å². The van der Waals surface area contributed by atoms with Crippen molar-refractivity contribution in [1.29, 1.82) is 5.26 Å². The summed E-state index contributed by atoms with van der Waals surface area (Å²) in [6.07, 6.45) is 4.39. The van der Waals surface area contributed by atoms with E-state index in [4.69, 9.17) is 5.73 Å². The number of dihydropyridines is 1. The molecule has 1 atom stereocenters. The van der Waals surface area contributed by atoms with Crippen LogP contribution in [0.3, 0.4) is 0 Å². The summed E-state index contributed by atoms with van der Waals surface area (Å²) in [5, 5.41) is 22.0. The number of carbonyl (C=O) groups is 2. The van der Waals surface area contributed by atoms with Crippen molar-refractivity contribution < 1.29 is 14.7 Å². The fraction of sp³-hybridized carbons (Fsp3) is 0.143. The number of aromatic nitrogens is 1. The third kappa shape index (κ3) is 3.27. The molecule has 0 aromatic carbocycles. The molecule has 1 aromatic heterocycles. The maximum absolute atomic E-state index is 11.4. The van der Waals surface area contributed by atoms with Crippen molar-refractivity contribution in [2.24, 2.45) is 5.73 Å². The van der Waals surface area contributed by atoms with Gasteiger partial charge in [0.05, 0.1) is 33.9 Å². The van der Waals surface area contributed by atoms with E-state index in [0.717, 1.165) is 11.8 Å². The van der Waals surface area contributed by atoms with Gasteiger partial charge in [-0.05, 0) is 17.7 Å². The number of nitrogens with zero attached hydrogens (tertiary/aromatic N) is 2. The number of amides is 1. The summed E-state index contributed by atoms with van der Waals surface area (Å²) < 4.78 is 0. The zero-order chi connectivity index (χ0) is 16.1. The Morgan fingerprint density at radius 2 is 2.14 bits per heavy atom. The molecule has 0 aliphatic carbocycles. The Kier molecular flexibility index (Phi) is 4.80. The Balaban J connectivity index is 2.47. The summed E-state index contributed by atoms with van der Waals surface area (Å²) in [6, 6.07) is 5.34. The van der Waals surface area contributed by atoms with Gasteiger partial charge < -0.3 is 16.2 Å². The third-order valence-corrected chi connectivity index (χ3v) is 4.02. The van der Waals surface area contributed by atoms with Crippen LogP contribution in [0.15, 0.2) is 46.9 Å². The Hall–Kier alpha value is -2.79. The Bertz CT molecular complexity index is 707. The van der Waals surface area contributed by atoms with Crippen molar-refractivity contribution in [2.75, 3.05) is 5.75 Å². The van der Waals surface area contributed by atoms with Crippen molar-refractivity contribution >= 4 is 23.6 Å². The van der Waals surface area contributed by atoms with E-state index in [1.807, 2.05) is 6.07 Å². The van der Waals surface area contributed by atoms with E-state index in [2.05, 4.69) is 10.3 Å². The molecule has 0 saturated heterocycles. The lowest BCUT2D eigenvalue weighted by atomic mass is 9.85. The Morgan fingerprint density at radius 3 is 2.68 bits per heavy atom. The summed E-state index contributed by atoms with van der Waals surface area (Å²) in [4.78, 5) is 26.2. The third-order valence-electron chi connectivity index (χ3n) is 2.97. The largest absolute Gasteiger partial charge is 0.478 e. The minimum absolute atomic E-state index is 0.00712. The summed E-state index contributed by atoms with van der Waals surface area (Å²) in [7, 11) is 0. The minimum atomic E-state index is -1.12. The topological polar surface area (TPSA) is 129 Å². The van der Waals surface area contributed by atoms with Crippen LogP contribution in [0.4, 0.5) is 0 Å². The fourth-order valence-electron chi connectivity index (χ4n) is 2.06. The molecule has 1 unspecified atom stereocenters. The van der Waals surface area contributed by atoms with E-state index in [9.17, 15) is 20.0 Å². The summed E-state index contributed by atoms with van der Waals surface area (Å²) in [5.74, 6) is -2.37. The number of aliphatic carboxylic acids is 1. The monoisotopic (exact) mass is 316 g/mol. The highest BCUT2D eigenvalue weighted by molar-refractivity contribution is 8.03. The lowest BCUT2D eigenvalue weighted by Crippen LogP contribution is -2.25. The molecule has 0 saturated carbocycles. The second-order valence-corrected chi connectivity index (χ2v) is 5.36. The van der Waals surface area contributed by atoms with Gasteiger partial charge in [-0.15, -0.1) is 0 Å². The molecule has 1 aliphatic heterocycles. The molecule has 112 valence electrons. The molecule has 7 nitrogen and oxygen atoms in total. The van der Waals surface area contributed by atoms with Crippen molar-refractivity contribution in [1.82, 2.24) is 10.3 Å². The summed E-state index contributed by atoms with van der Waals surface area (Å²) in [5.41, 5.74) is 6.03. The first-order chi connectivity index (χ1) is 10.5. The van der Waals surface area contributed by atoms with Crippen molar-refractivity contribution in [3.05, 3.63) is 52.5 Å². The molecule has 4 N–H and O–H groups in total. The molecule has 0 bridgehead atoms. The first-order valence-electron chi connectivity index (χ1n) is 6.19. The number of hydrogen-bond acceptors (Lipinski definition) is 6. The normalized spacial score (nSPS) is 17.2. The number of rotatable bonds is 5. The lowest BCUT2D eigenvalue weighted by molar-refractivity contribution is -0.133. The quantitative estimate of drug-likeness (QED) is 0.728. The minimum Gasteiger partial charge on any atom is -0.478 e. The zero-order valence-corrected chi connectivity index (χ0v) is 12.1. The number of hydrogen-bond donors (Lipinski definition) is 3. The molecule has 8 heteroatoms. The van der Waals surface area contributed by atoms with E-state index in [0.29, 0.717) is 10.6 Å².